The number of amides is 1. The fraction of sp³-hybridized carbons (Fsp3) is 0.500. The number of likely N-dealkylation sites (tertiary alicyclic amines) is 1. The zero-order valence-corrected chi connectivity index (χ0v) is 15.6. The van der Waals surface area contributed by atoms with Gasteiger partial charge < -0.3 is 14.7 Å². The lowest BCUT2D eigenvalue weighted by Gasteiger charge is -2.43. The first-order valence-corrected chi connectivity index (χ1v) is 8.51. The summed E-state index contributed by atoms with van der Waals surface area (Å²) in [7, 11) is 0. The van der Waals surface area contributed by atoms with Crippen molar-refractivity contribution in [2.45, 2.75) is 58.6 Å². The summed E-state index contributed by atoms with van der Waals surface area (Å²) < 4.78 is 5.51. The second-order valence-electron chi connectivity index (χ2n) is 8.10. The van der Waals surface area contributed by atoms with Crippen LogP contribution in [0.4, 0.5) is 4.79 Å². The van der Waals surface area contributed by atoms with Crippen molar-refractivity contribution in [2.24, 2.45) is 0 Å². The van der Waals surface area contributed by atoms with Crippen LogP contribution in [-0.4, -0.2) is 39.8 Å². The summed E-state index contributed by atoms with van der Waals surface area (Å²) >= 11 is 0. The number of hydrogen-bond donors (Lipinski definition) is 1. The maximum atomic E-state index is 12.4. The van der Waals surface area contributed by atoms with Crippen LogP contribution in [0.15, 0.2) is 29.8 Å². The largest absolute Gasteiger partial charge is 0.478 e. The third-order valence-electron chi connectivity index (χ3n) is 4.19. The Labute approximate surface area is 149 Å². The van der Waals surface area contributed by atoms with Crippen molar-refractivity contribution >= 4 is 18.1 Å². The Morgan fingerprint density at radius 2 is 1.80 bits per heavy atom. The molecule has 1 N–H and O–H groups in total. The number of aromatic carboxylic acids is 1. The van der Waals surface area contributed by atoms with E-state index in [9.17, 15) is 9.59 Å². The molecule has 1 aromatic carbocycles. The molecule has 25 heavy (non-hydrogen) atoms. The molecule has 0 aliphatic carbocycles. The molecule has 0 aromatic heterocycles. The molecule has 1 saturated heterocycles. The van der Waals surface area contributed by atoms with E-state index in [4.69, 9.17) is 9.84 Å². The summed E-state index contributed by atoms with van der Waals surface area (Å²) in [5, 5.41) is 8.96. The van der Waals surface area contributed by atoms with Crippen LogP contribution in [0.3, 0.4) is 0 Å². The fourth-order valence-corrected chi connectivity index (χ4v) is 3.03. The lowest BCUT2D eigenvalue weighted by Crippen LogP contribution is -2.52. The summed E-state index contributed by atoms with van der Waals surface area (Å²) in [6.07, 6.45) is 3.35. The van der Waals surface area contributed by atoms with Crippen LogP contribution in [0.1, 0.15) is 63.4 Å². The standard InChI is InChI=1S/C20H27NO4/c1-19(2,3)25-18(24)21-11-10-15(13-20(21,4)5)12-14-6-8-16(9-7-14)17(22)23/h6-9,12H,10-11,13H2,1-5H3,(H,22,23)/b15-12+. The molecule has 0 saturated carbocycles. The van der Waals surface area contributed by atoms with Crippen molar-refractivity contribution in [2.75, 3.05) is 6.54 Å². The van der Waals surface area contributed by atoms with Gasteiger partial charge in [-0.2, -0.15) is 0 Å². The van der Waals surface area contributed by atoms with Gasteiger partial charge in [0.25, 0.3) is 0 Å². The summed E-state index contributed by atoms with van der Waals surface area (Å²) in [5.74, 6) is -0.925. The summed E-state index contributed by atoms with van der Waals surface area (Å²) in [4.78, 5) is 25.1. The van der Waals surface area contributed by atoms with Crippen molar-refractivity contribution < 1.29 is 19.4 Å². The van der Waals surface area contributed by atoms with E-state index in [1.54, 1.807) is 17.0 Å². The van der Waals surface area contributed by atoms with Gasteiger partial charge in [0.05, 0.1) is 5.56 Å². The number of hydrogen-bond acceptors (Lipinski definition) is 3. The van der Waals surface area contributed by atoms with Crippen LogP contribution in [0, 0.1) is 0 Å². The highest BCUT2D eigenvalue weighted by atomic mass is 16.6. The maximum Gasteiger partial charge on any atom is 0.410 e. The minimum atomic E-state index is -0.925. The number of carbonyl (C=O) groups is 2. The van der Waals surface area contributed by atoms with Gasteiger partial charge in [0.1, 0.15) is 5.60 Å². The molecular weight excluding hydrogens is 318 g/mol. The smallest absolute Gasteiger partial charge is 0.410 e. The van der Waals surface area contributed by atoms with Gasteiger partial charge in [0, 0.05) is 12.1 Å². The third kappa shape index (κ3) is 5.08. The second kappa shape index (κ2) is 6.90. The third-order valence-corrected chi connectivity index (χ3v) is 4.19. The lowest BCUT2D eigenvalue weighted by atomic mass is 9.86. The van der Waals surface area contributed by atoms with Gasteiger partial charge in [0.2, 0.25) is 0 Å². The summed E-state index contributed by atoms with van der Waals surface area (Å²) in [6.45, 7) is 10.3. The number of carboxylic acids is 1. The molecule has 5 heteroatoms. The Morgan fingerprint density at radius 3 is 2.28 bits per heavy atom. The molecule has 0 radical (unpaired) electrons. The SMILES string of the molecule is CC(C)(C)OC(=O)N1CC/C(=C\c2ccc(C(=O)O)cc2)CC1(C)C. The highest BCUT2D eigenvalue weighted by molar-refractivity contribution is 5.87. The monoisotopic (exact) mass is 345 g/mol. The molecule has 0 atom stereocenters. The molecule has 1 aromatic rings. The lowest BCUT2D eigenvalue weighted by molar-refractivity contribution is -0.000876. The number of piperidine rings is 1. The molecule has 2 rings (SSSR count). The zero-order chi connectivity index (χ0) is 18.8. The fourth-order valence-electron chi connectivity index (χ4n) is 3.03. The zero-order valence-electron chi connectivity index (χ0n) is 15.6. The van der Waals surface area contributed by atoms with Gasteiger partial charge in [-0.25, -0.2) is 9.59 Å². The predicted octanol–water partition coefficient (Wildman–Crippen LogP) is 4.58. The van der Waals surface area contributed by atoms with Crippen molar-refractivity contribution in [3.63, 3.8) is 0 Å². The maximum absolute atomic E-state index is 12.4. The van der Waals surface area contributed by atoms with Crippen molar-refractivity contribution in [3.8, 4) is 0 Å². The van der Waals surface area contributed by atoms with Crippen molar-refractivity contribution in [3.05, 3.63) is 41.0 Å². The van der Waals surface area contributed by atoms with E-state index in [1.807, 2.05) is 46.8 Å². The minimum Gasteiger partial charge on any atom is -0.478 e. The molecule has 0 bridgehead atoms. The van der Waals surface area contributed by atoms with Crippen LogP contribution in [0.5, 0.6) is 0 Å². The first-order valence-electron chi connectivity index (χ1n) is 8.51. The van der Waals surface area contributed by atoms with E-state index in [0.29, 0.717) is 6.54 Å². The van der Waals surface area contributed by atoms with E-state index in [-0.39, 0.29) is 17.2 Å². The van der Waals surface area contributed by atoms with E-state index < -0.39 is 11.6 Å². The van der Waals surface area contributed by atoms with Gasteiger partial charge in [-0.1, -0.05) is 23.8 Å². The molecule has 5 nitrogen and oxygen atoms in total. The van der Waals surface area contributed by atoms with Gasteiger partial charge >= 0.3 is 12.1 Å². The van der Waals surface area contributed by atoms with Gasteiger partial charge in [-0.05, 0) is 65.2 Å². The van der Waals surface area contributed by atoms with Crippen LogP contribution < -0.4 is 0 Å². The predicted molar refractivity (Wildman–Crippen MR) is 97.6 cm³/mol. The number of carboxylic acid groups (broad SMARTS) is 1. The molecule has 1 heterocycles. The van der Waals surface area contributed by atoms with Gasteiger partial charge in [0.15, 0.2) is 0 Å². The Hall–Kier alpha value is -2.30. The second-order valence-corrected chi connectivity index (χ2v) is 8.10. The van der Waals surface area contributed by atoms with E-state index in [1.165, 1.54) is 5.57 Å². The van der Waals surface area contributed by atoms with Crippen molar-refractivity contribution in [1.82, 2.24) is 4.90 Å². The Morgan fingerprint density at radius 1 is 1.20 bits per heavy atom. The normalized spacial score (nSPS) is 18.9. The molecule has 1 aliphatic rings. The molecule has 1 fully saturated rings. The van der Waals surface area contributed by atoms with Crippen molar-refractivity contribution in [1.29, 1.82) is 0 Å². The average molecular weight is 345 g/mol. The molecule has 0 spiro atoms. The molecule has 0 unspecified atom stereocenters. The van der Waals surface area contributed by atoms with Crippen LogP contribution in [0.25, 0.3) is 6.08 Å². The minimum absolute atomic E-state index is 0.276. The summed E-state index contributed by atoms with van der Waals surface area (Å²) in [5.41, 5.74) is 1.67. The van der Waals surface area contributed by atoms with Gasteiger partial charge in [-0.3, -0.25) is 0 Å². The molecule has 1 aliphatic heterocycles. The first-order chi connectivity index (χ1) is 11.5. The topological polar surface area (TPSA) is 66.8 Å². The number of rotatable bonds is 2. The van der Waals surface area contributed by atoms with Crippen LogP contribution >= 0.6 is 0 Å². The molecular formula is C20H27NO4. The van der Waals surface area contributed by atoms with E-state index in [2.05, 4.69) is 6.08 Å². The Balaban J connectivity index is 2.10. The average Bonchev–Trinajstić information content (AvgIpc) is 2.44. The Kier molecular flexibility index (Phi) is 5.26. The summed E-state index contributed by atoms with van der Waals surface area (Å²) in [6, 6.07) is 6.83. The van der Waals surface area contributed by atoms with E-state index in [0.717, 1.165) is 18.4 Å². The molecule has 136 valence electrons. The van der Waals surface area contributed by atoms with Crippen LogP contribution in [-0.2, 0) is 4.74 Å². The Bertz CT molecular complexity index is 681. The van der Waals surface area contributed by atoms with Crippen LogP contribution in [0.2, 0.25) is 0 Å². The van der Waals surface area contributed by atoms with E-state index >= 15 is 0 Å². The highest BCUT2D eigenvalue weighted by Crippen LogP contribution is 2.33. The van der Waals surface area contributed by atoms with Gasteiger partial charge in [-0.15, -0.1) is 0 Å². The quantitative estimate of drug-likeness (QED) is 0.852. The first kappa shape index (κ1) is 19.0. The number of ether oxygens (including phenoxy) is 1. The number of carbonyl (C=O) groups excluding carboxylic acids is 1. The number of nitrogens with zero attached hydrogens (tertiary/aromatic N) is 1. The molecule has 1 amide bonds. The highest BCUT2D eigenvalue weighted by Gasteiger charge is 2.37. The number of benzene rings is 1.